The van der Waals surface area contributed by atoms with Crippen LogP contribution >= 0.6 is 0 Å². The Morgan fingerprint density at radius 2 is 1.62 bits per heavy atom. The van der Waals surface area contributed by atoms with Crippen molar-refractivity contribution in [2.24, 2.45) is 0 Å². The number of piperidine rings is 2. The van der Waals surface area contributed by atoms with Gasteiger partial charge < -0.3 is 20.4 Å². The Hall–Kier alpha value is -1.93. The van der Waals surface area contributed by atoms with Crippen LogP contribution in [0.1, 0.15) is 39.0 Å². The molecule has 0 aromatic rings. The second-order valence-electron chi connectivity index (χ2n) is 6.68. The highest BCUT2D eigenvalue weighted by molar-refractivity contribution is 6.27. The van der Waals surface area contributed by atoms with Gasteiger partial charge in [-0.15, -0.1) is 6.58 Å². The highest BCUT2D eigenvalue weighted by atomic mass is 16.4. The van der Waals surface area contributed by atoms with Crippen LogP contribution in [0, 0.1) is 0 Å². The topological polar surface area (TPSA) is 110 Å². The van der Waals surface area contributed by atoms with Crippen molar-refractivity contribution in [1.29, 1.82) is 0 Å². The molecule has 0 radical (unpaired) electrons. The van der Waals surface area contributed by atoms with Crippen molar-refractivity contribution < 1.29 is 24.6 Å². The zero-order valence-electron chi connectivity index (χ0n) is 15.5. The second-order valence-corrected chi connectivity index (χ2v) is 6.68. The molecule has 1 unspecified atom stereocenters. The summed E-state index contributed by atoms with van der Waals surface area (Å²) in [7, 11) is 0. The van der Waals surface area contributed by atoms with Crippen molar-refractivity contribution in [2.45, 2.75) is 51.1 Å². The predicted molar refractivity (Wildman–Crippen MR) is 98.0 cm³/mol. The van der Waals surface area contributed by atoms with Crippen molar-refractivity contribution in [3.63, 3.8) is 0 Å². The van der Waals surface area contributed by atoms with E-state index in [1.807, 2.05) is 6.92 Å². The Kier molecular flexibility index (Phi) is 9.90. The minimum Gasteiger partial charge on any atom is -0.473 e. The van der Waals surface area contributed by atoms with Crippen LogP contribution in [0.25, 0.3) is 0 Å². The third kappa shape index (κ3) is 7.53. The summed E-state index contributed by atoms with van der Waals surface area (Å²) in [5.74, 6) is -3.52. The lowest BCUT2D eigenvalue weighted by molar-refractivity contribution is -0.159. The van der Waals surface area contributed by atoms with Crippen LogP contribution in [0.15, 0.2) is 12.7 Å². The van der Waals surface area contributed by atoms with Crippen LogP contribution in [-0.2, 0) is 14.4 Å². The number of aliphatic carboxylic acids is 2. The lowest BCUT2D eigenvalue weighted by Crippen LogP contribution is -2.52. The number of carboxylic acid groups (broad SMARTS) is 2. The van der Waals surface area contributed by atoms with E-state index in [2.05, 4.69) is 21.7 Å². The quantitative estimate of drug-likeness (QED) is 0.485. The molecule has 2 fully saturated rings. The van der Waals surface area contributed by atoms with Crippen molar-refractivity contribution in [3.05, 3.63) is 12.7 Å². The first-order valence-corrected chi connectivity index (χ1v) is 9.19. The number of carbonyl (C=O) groups excluding carboxylic acids is 1. The molecule has 2 saturated heterocycles. The van der Waals surface area contributed by atoms with Gasteiger partial charge in [-0.1, -0.05) is 12.5 Å². The van der Waals surface area contributed by atoms with Gasteiger partial charge in [0.2, 0.25) is 5.91 Å². The van der Waals surface area contributed by atoms with Gasteiger partial charge in [-0.2, -0.15) is 0 Å². The summed E-state index contributed by atoms with van der Waals surface area (Å²) >= 11 is 0. The summed E-state index contributed by atoms with van der Waals surface area (Å²) in [6.45, 7) is 10.9. The molecule has 8 heteroatoms. The van der Waals surface area contributed by atoms with Gasteiger partial charge in [-0.05, 0) is 45.7 Å². The first-order chi connectivity index (χ1) is 12.4. The molecular formula is C18H31N3O5. The third-order valence-electron chi connectivity index (χ3n) is 4.94. The average Bonchev–Trinajstić information content (AvgIpc) is 2.66. The molecule has 148 valence electrons. The van der Waals surface area contributed by atoms with Gasteiger partial charge in [0.1, 0.15) is 0 Å². The van der Waals surface area contributed by atoms with Gasteiger partial charge in [0, 0.05) is 25.7 Å². The highest BCUT2D eigenvalue weighted by Gasteiger charge is 2.29. The van der Waals surface area contributed by atoms with Gasteiger partial charge in [0.05, 0.1) is 6.04 Å². The third-order valence-corrected chi connectivity index (χ3v) is 4.94. The number of nitrogens with one attached hydrogen (secondary N) is 1. The van der Waals surface area contributed by atoms with Crippen LogP contribution in [0.2, 0.25) is 0 Å². The maximum absolute atomic E-state index is 12.0. The molecule has 2 aliphatic heterocycles. The van der Waals surface area contributed by atoms with Gasteiger partial charge in [-0.25, -0.2) is 9.59 Å². The maximum Gasteiger partial charge on any atom is 0.414 e. The number of hydrogen-bond donors (Lipinski definition) is 3. The van der Waals surface area contributed by atoms with Gasteiger partial charge in [0.15, 0.2) is 0 Å². The molecule has 1 amide bonds. The van der Waals surface area contributed by atoms with E-state index >= 15 is 0 Å². The number of likely N-dealkylation sites (tertiary alicyclic amines) is 2. The van der Waals surface area contributed by atoms with E-state index in [4.69, 9.17) is 19.8 Å². The van der Waals surface area contributed by atoms with Crippen molar-refractivity contribution >= 4 is 17.8 Å². The van der Waals surface area contributed by atoms with Crippen LogP contribution in [0.5, 0.6) is 0 Å². The van der Waals surface area contributed by atoms with E-state index < -0.39 is 11.9 Å². The van der Waals surface area contributed by atoms with Crippen molar-refractivity contribution in [2.75, 3.05) is 32.7 Å². The Balaban J connectivity index is 0.000000487. The van der Waals surface area contributed by atoms with E-state index in [9.17, 15) is 4.79 Å². The summed E-state index contributed by atoms with van der Waals surface area (Å²) in [4.78, 5) is 35.2. The molecule has 26 heavy (non-hydrogen) atoms. The van der Waals surface area contributed by atoms with E-state index in [1.165, 1.54) is 45.2 Å². The van der Waals surface area contributed by atoms with E-state index in [1.54, 1.807) is 6.08 Å². The standard InChI is InChI=1S/C16H29N3O.C2H2O4/c1-3-9-17-16(20)14(2)18-12-7-15(8-13-18)19-10-5-4-6-11-19;3-1(4)2(5)6/h3,14-15H,1,4-13H2,2H3,(H,17,20);(H,3,4)(H,5,6). The van der Waals surface area contributed by atoms with E-state index in [0.717, 1.165) is 19.1 Å². The molecule has 2 heterocycles. The maximum atomic E-state index is 12.0. The summed E-state index contributed by atoms with van der Waals surface area (Å²) in [5.41, 5.74) is 0. The summed E-state index contributed by atoms with van der Waals surface area (Å²) in [6, 6.07) is 0.729. The molecule has 3 N–H and O–H groups in total. The lowest BCUT2D eigenvalue weighted by atomic mass is 9.99. The fourth-order valence-electron chi connectivity index (χ4n) is 3.41. The second kappa shape index (κ2) is 11.6. The monoisotopic (exact) mass is 369 g/mol. The van der Waals surface area contributed by atoms with Gasteiger partial charge in [0.25, 0.3) is 0 Å². The number of carboxylic acids is 2. The molecule has 8 nitrogen and oxygen atoms in total. The minimum atomic E-state index is -1.82. The fourth-order valence-corrected chi connectivity index (χ4v) is 3.41. The van der Waals surface area contributed by atoms with Crippen LogP contribution in [0.3, 0.4) is 0 Å². The van der Waals surface area contributed by atoms with E-state index in [-0.39, 0.29) is 11.9 Å². The highest BCUT2D eigenvalue weighted by Crippen LogP contribution is 2.21. The van der Waals surface area contributed by atoms with Gasteiger partial charge in [-0.3, -0.25) is 9.69 Å². The zero-order valence-corrected chi connectivity index (χ0v) is 15.5. The number of amides is 1. The van der Waals surface area contributed by atoms with Crippen LogP contribution in [-0.4, -0.2) is 82.7 Å². The van der Waals surface area contributed by atoms with E-state index in [0.29, 0.717) is 6.54 Å². The molecule has 0 aromatic heterocycles. The lowest BCUT2D eigenvalue weighted by Gasteiger charge is -2.41. The Labute approximate surface area is 154 Å². The number of carbonyl (C=O) groups is 3. The SMILES string of the molecule is C=CCNC(=O)C(C)N1CCC(N2CCCCC2)CC1.O=C(O)C(=O)O. The van der Waals surface area contributed by atoms with Crippen molar-refractivity contribution in [1.82, 2.24) is 15.1 Å². The number of rotatable bonds is 5. The van der Waals surface area contributed by atoms with Crippen LogP contribution < -0.4 is 5.32 Å². The smallest absolute Gasteiger partial charge is 0.414 e. The Bertz CT molecular complexity index is 471. The first kappa shape index (κ1) is 22.1. The largest absolute Gasteiger partial charge is 0.473 e. The number of hydrogen-bond acceptors (Lipinski definition) is 5. The summed E-state index contributed by atoms with van der Waals surface area (Å²) in [6.07, 6.45) is 8.27. The first-order valence-electron chi connectivity index (χ1n) is 9.19. The minimum absolute atomic E-state index is 0.0164. The Morgan fingerprint density at radius 3 is 2.08 bits per heavy atom. The zero-order chi connectivity index (χ0) is 19.5. The molecular weight excluding hydrogens is 338 g/mol. The summed E-state index contributed by atoms with van der Waals surface area (Å²) in [5, 5.41) is 17.7. The molecule has 2 rings (SSSR count). The average molecular weight is 369 g/mol. The molecule has 0 spiro atoms. The number of nitrogens with zero attached hydrogens (tertiary/aromatic N) is 2. The molecule has 0 aromatic carbocycles. The fraction of sp³-hybridized carbons (Fsp3) is 0.722. The normalized spacial score (nSPS) is 20.3. The molecule has 0 aliphatic carbocycles. The van der Waals surface area contributed by atoms with Crippen LogP contribution in [0.4, 0.5) is 0 Å². The summed E-state index contributed by atoms with van der Waals surface area (Å²) < 4.78 is 0. The predicted octanol–water partition coefficient (Wildman–Crippen LogP) is 0.783. The molecule has 0 bridgehead atoms. The molecule has 0 saturated carbocycles. The molecule has 2 aliphatic rings. The van der Waals surface area contributed by atoms with Gasteiger partial charge >= 0.3 is 11.9 Å². The van der Waals surface area contributed by atoms with Crippen molar-refractivity contribution in [3.8, 4) is 0 Å². The molecule has 1 atom stereocenters. The Morgan fingerprint density at radius 1 is 1.08 bits per heavy atom.